The van der Waals surface area contributed by atoms with Crippen molar-refractivity contribution in [2.24, 2.45) is 11.8 Å². The highest BCUT2D eigenvalue weighted by molar-refractivity contribution is 6.18. The number of hydrazine groups is 1. The van der Waals surface area contributed by atoms with Crippen molar-refractivity contribution >= 4 is 40.8 Å². The number of carbonyl (C=O) groups is 4. The first-order chi connectivity index (χ1) is 17.6. The van der Waals surface area contributed by atoms with Gasteiger partial charge in [-0.3, -0.25) is 29.3 Å². The third-order valence-corrected chi connectivity index (χ3v) is 6.88. The minimum Gasteiger partial charge on any atom is -0.292 e. The number of Topliss-reactive ketones (excluding diaryl/α,β-unsaturated/α-hetero) is 1. The van der Waals surface area contributed by atoms with Gasteiger partial charge in [-0.25, -0.2) is 9.40 Å². The highest BCUT2D eigenvalue weighted by atomic mass is 35.5. The number of carbonyl (C=O) groups excluding carboxylic acids is 4. The fraction of sp³-hybridized carbons (Fsp3) is 0.308. The Kier molecular flexibility index (Phi) is 7.49. The van der Waals surface area contributed by atoms with Crippen LogP contribution in [0.1, 0.15) is 46.9 Å². The van der Waals surface area contributed by atoms with Gasteiger partial charge in [0.25, 0.3) is 23.4 Å². The summed E-state index contributed by atoms with van der Waals surface area (Å²) in [4.78, 5) is 64.9. The number of fused-ring (bicyclic) bond motifs is 1. The fourth-order valence-electron chi connectivity index (χ4n) is 4.74. The molecule has 0 aromatic heterocycles. The van der Waals surface area contributed by atoms with Crippen molar-refractivity contribution in [2.45, 2.75) is 32.2 Å². The molecule has 1 heterocycles. The topological polar surface area (TPSA) is 118 Å². The molecule has 1 aliphatic carbocycles. The van der Waals surface area contributed by atoms with Crippen LogP contribution in [0.3, 0.4) is 0 Å². The van der Waals surface area contributed by atoms with Gasteiger partial charge in [-0.2, -0.15) is 5.01 Å². The van der Waals surface area contributed by atoms with Crippen LogP contribution < -0.4 is 0 Å². The number of alkyl halides is 1. The van der Waals surface area contributed by atoms with Crippen molar-refractivity contribution in [1.82, 2.24) is 10.0 Å². The van der Waals surface area contributed by atoms with E-state index in [4.69, 9.17) is 11.6 Å². The lowest BCUT2D eigenvalue weighted by Gasteiger charge is -2.36. The number of nitrogens with zero attached hydrogens (tertiary/aromatic N) is 3. The number of non-ortho nitro benzene ring substituents is 1. The number of imide groups is 1. The zero-order valence-electron chi connectivity index (χ0n) is 19.8. The van der Waals surface area contributed by atoms with Gasteiger partial charge in [0.05, 0.1) is 16.8 Å². The van der Waals surface area contributed by atoms with Crippen LogP contribution in [-0.2, 0) is 9.59 Å². The van der Waals surface area contributed by atoms with Gasteiger partial charge >= 0.3 is 0 Å². The molecule has 1 saturated heterocycles. The summed E-state index contributed by atoms with van der Waals surface area (Å²) in [5, 5.41) is 12.6. The summed E-state index contributed by atoms with van der Waals surface area (Å²) in [5.41, 5.74) is 0.676. The van der Waals surface area contributed by atoms with Crippen LogP contribution in [0.5, 0.6) is 0 Å². The summed E-state index contributed by atoms with van der Waals surface area (Å²) in [6.45, 7) is 1.85. The lowest BCUT2D eigenvalue weighted by molar-refractivity contribution is -0.384. The molecule has 37 heavy (non-hydrogen) atoms. The molecule has 3 amide bonds. The zero-order valence-corrected chi connectivity index (χ0v) is 20.6. The molecule has 3 atom stereocenters. The summed E-state index contributed by atoms with van der Waals surface area (Å²) in [6, 6.07) is 7.91. The van der Waals surface area contributed by atoms with E-state index in [1.54, 1.807) is 0 Å². The molecule has 0 bridgehead atoms. The molecule has 11 heteroatoms. The molecular weight excluding hydrogens is 505 g/mol. The lowest BCUT2D eigenvalue weighted by atomic mass is 9.82. The van der Waals surface area contributed by atoms with Gasteiger partial charge in [0.15, 0.2) is 5.78 Å². The summed E-state index contributed by atoms with van der Waals surface area (Å²) >= 11 is 6.00. The smallest absolute Gasteiger partial charge is 0.273 e. The van der Waals surface area contributed by atoms with E-state index in [1.807, 2.05) is 13.0 Å². The number of ketones is 1. The average Bonchev–Trinajstić information content (AvgIpc) is 3.12. The molecular formula is C26H23ClFN3O6. The van der Waals surface area contributed by atoms with E-state index in [0.29, 0.717) is 12.8 Å². The Balaban J connectivity index is 1.80. The highest BCUT2D eigenvalue weighted by Crippen LogP contribution is 2.39. The number of benzene rings is 2. The first kappa shape index (κ1) is 26.2. The molecule has 9 nitrogen and oxygen atoms in total. The first-order valence-corrected chi connectivity index (χ1v) is 12.1. The number of allylic oxidation sites excluding steroid dienone is 2. The molecule has 2 aromatic carbocycles. The third kappa shape index (κ3) is 5.01. The van der Waals surface area contributed by atoms with E-state index < -0.39 is 52.1 Å². The summed E-state index contributed by atoms with van der Waals surface area (Å²) in [5.74, 6) is -4.74. The molecule has 2 aliphatic rings. The van der Waals surface area contributed by atoms with Crippen molar-refractivity contribution in [3.63, 3.8) is 0 Å². The summed E-state index contributed by atoms with van der Waals surface area (Å²) < 4.78 is 13.5. The predicted octanol–water partition coefficient (Wildman–Crippen LogP) is 4.31. The van der Waals surface area contributed by atoms with Crippen LogP contribution in [0, 0.1) is 27.8 Å². The Morgan fingerprint density at radius 2 is 1.68 bits per heavy atom. The minimum absolute atomic E-state index is 0.0621. The van der Waals surface area contributed by atoms with E-state index in [2.05, 4.69) is 0 Å². The maximum atomic E-state index is 13.8. The summed E-state index contributed by atoms with van der Waals surface area (Å²) in [7, 11) is 0. The summed E-state index contributed by atoms with van der Waals surface area (Å²) in [6.07, 6.45) is 2.43. The molecule has 1 fully saturated rings. The van der Waals surface area contributed by atoms with Gasteiger partial charge in [-0.15, -0.1) is 11.6 Å². The highest BCUT2D eigenvalue weighted by Gasteiger charge is 2.53. The van der Waals surface area contributed by atoms with Crippen LogP contribution in [-0.4, -0.2) is 50.4 Å². The second-order valence-electron chi connectivity index (χ2n) is 9.01. The molecule has 1 aliphatic heterocycles. The van der Waals surface area contributed by atoms with Gasteiger partial charge in [-0.05, 0) is 62.6 Å². The van der Waals surface area contributed by atoms with Crippen molar-refractivity contribution in [1.29, 1.82) is 0 Å². The number of hydrogen-bond donors (Lipinski definition) is 0. The number of amides is 3. The first-order valence-electron chi connectivity index (χ1n) is 11.6. The lowest BCUT2D eigenvalue weighted by Crippen LogP contribution is -2.57. The van der Waals surface area contributed by atoms with Crippen LogP contribution in [0.2, 0.25) is 0 Å². The Morgan fingerprint density at radius 1 is 1.08 bits per heavy atom. The molecule has 0 saturated carbocycles. The van der Waals surface area contributed by atoms with E-state index in [0.717, 1.165) is 39.9 Å². The van der Waals surface area contributed by atoms with Crippen molar-refractivity contribution in [3.05, 3.63) is 87.2 Å². The van der Waals surface area contributed by atoms with Crippen molar-refractivity contribution in [3.8, 4) is 0 Å². The molecule has 2 aromatic rings. The third-order valence-electron chi connectivity index (χ3n) is 6.66. The number of halogens is 2. The zero-order chi connectivity index (χ0) is 26.9. The molecule has 192 valence electrons. The maximum Gasteiger partial charge on any atom is 0.273 e. The Labute approximate surface area is 216 Å². The standard InChI is InChI=1S/C26H23ClFN3O6/c1-15-2-11-20-21(14-15)26(35)30(25(20)34)29(24(33)17-5-9-19(10-6-17)31(36)37)22(12-13-27)23(32)16-3-7-18(28)8-4-16/h2-10,20-22H,11-14H2,1H3/t20-,21+,22-/m0/s1. The predicted molar refractivity (Wildman–Crippen MR) is 131 cm³/mol. The van der Waals surface area contributed by atoms with E-state index in [-0.39, 0.29) is 29.1 Å². The van der Waals surface area contributed by atoms with E-state index in [9.17, 15) is 33.7 Å². The van der Waals surface area contributed by atoms with Gasteiger partial charge in [0.2, 0.25) is 0 Å². The van der Waals surface area contributed by atoms with Crippen molar-refractivity contribution in [2.75, 3.05) is 5.88 Å². The van der Waals surface area contributed by atoms with Crippen LogP contribution >= 0.6 is 11.6 Å². The maximum absolute atomic E-state index is 13.8. The van der Waals surface area contributed by atoms with Gasteiger partial charge in [0.1, 0.15) is 11.9 Å². The fourth-order valence-corrected chi connectivity index (χ4v) is 4.94. The molecule has 0 N–H and O–H groups in total. The van der Waals surface area contributed by atoms with Gasteiger partial charge in [0, 0.05) is 29.1 Å². The normalized spacial score (nSPS) is 19.8. The molecule has 4 rings (SSSR count). The van der Waals surface area contributed by atoms with Crippen LogP contribution in [0.25, 0.3) is 0 Å². The number of nitro groups is 1. The number of hydrogen-bond acceptors (Lipinski definition) is 6. The number of nitro benzene ring substituents is 1. The second kappa shape index (κ2) is 10.6. The van der Waals surface area contributed by atoms with Crippen LogP contribution in [0.15, 0.2) is 60.2 Å². The monoisotopic (exact) mass is 527 g/mol. The Morgan fingerprint density at radius 3 is 2.27 bits per heavy atom. The van der Waals surface area contributed by atoms with E-state index in [1.165, 1.54) is 24.3 Å². The van der Waals surface area contributed by atoms with Crippen LogP contribution in [0.4, 0.5) is 10.1 Å². The average molecular weight is 528 g/mol. The second-order valence-corrected chi connectivity index (χ2v) is 9.39. The molecule has 0 unspecified atom stereocenters. The quantitative estimate of drug-likeness (QED) is 0.126. The molecule has 0 spiro atoms. The Bertz CT molecular complexity index is 1290. The van der Waals surface area contributed by atoms with E-state index >= 15 is 0 Å². The van der Waals surface area contributed by atoms with Crippen molar-refractivity contribution < 1.29 is 28.5 Å². The largest absolute Gasteiger partial charge is 0.292 e. The molecule has 0 radical (unpaired) electrons. The SMILES string of the molecule is CC1=CC[C@@H]2C(=O)N(N(C(=O)c3ccc([N+](=O)[O-])cc3)[C@@H](CCCl)C(=O)c3ccc(F)cc3)C(=O)[C@@H]2C1. The Hall–Kier alpha value is -3.92. The van der Waals surface area contributed by atoms with Gasteiger partial charge < -0.3 is 0 Å². The number of rotatable bonds is 8. The van der Waals surface area contributed by atoms with Gasteiger partial charge in [-0.1, -0.05) is 11.6 Å². The minimum atomic E-state index is -1.37.